The van der Waals surface area contributed by atoms with Gasteiger partial charge in [-0.2, -0.15) is 0 Å². The predicted octanol–water partition coefficient (Wildman–Crippen LogP) is 18.9. The molecular formula is C69H48. The van der Waals surface area contributed by atoms with Crippen molar-refractivity contribution in [2.45, 2.75) is 32.1 Å². The molecule has 0 radical (unpaired) electrons. The van der Waals surface area contributed by atoms with Gasteiger partial charge in [0.15, 0.2) is 0 Å². The minimum atomic E-state index is 0.0968. The normalized spacial score (nSPS) is 18.1. The molecule has 0 aromatic heterocycles. The number of benzene rings is 12. The van der Waals surface area contributed by atoms with Gasteiger partial charge >= 0.3 is 0 Å². The third-order valence-corrected chi connectivity index (χ3v) is 16.7. The molecular weight excluding hydrogens is 829 g/mol. The third kappa shape index (κ3) is 5.76. The van der Waals surface area contributed by atoms with Crippen LogP contribution in [0.5, 0.6) is 0 Å². The van der Waals surface area contributed by atoms with Gasteiger partial charge in [-0.3, -0.25) is 0 Å². The number of rotatable bonds is 6. The molecule has 0 bridgehead atoms. The van der Waals surface area contributed by atoms with E-state index in [4.69, 9.17) is 0 Å². The Morgan fingerprint density at radius 1 is 0.406 bits per heavy atom. The molecule has 3 aliphatic carbocycles. The zero-order valence-corrected chi connectivity index (χ0v) is 38.8. The van der Waals surface area contributed by atoms with Crippen molar-refractivity contribution < 1.29 is 0 Å². The lowest BCUT2D eigenvalue weighted by atomic mass is 9.73. The monoisotopic (exact) mass is 876 g/mol. The minimum Gasteiger partial charge on any atom is -0.0802 e. The minimum absolute atomic E-state index is 0.0968. The average Bonchev–Trinajstić information content (AvgIpc) is 3.40. The first-order valence-electron chi connectivity index (χ1n) is 24.9. The summed E-state index contributed by atoms with van der Waals surface area (Å²) in [5.74, 6) is 1.34. The molecule has 12 aromatic carbocycles. The van der Waals surface area contributed by atoms with Crippen LogP contribution in [0.4, 0.5) is 0 Å². The fourth-order valence-electron chi connectivity index (χ4n) is 13.3. The van der Waals surface area contributed by atoms with Crippen molar-refractivity contribution in [3.8, 4) is 22.3 Å². The lowest BCUT2D eigenvalue weighted by Gasteiger charge is -2.31. The van der Waals surface area contributed by atoms with Gasteiger partial charge in [0.25, 0.3) is 0 Å². The molecule has 324 valence electrons. The van der Waals surface area contributed by atoms with Crippen LogP contribution < -0.4 is 0 Å². The highest BCUT2D eigenvalue weighted by Gasteiger charge is 2.30. The highest BCUT2D eigenvalue weighted by atomic mass is 14.3. The van der Waals surface area contributed by atoms with Crippen LogP contribution in [-0.2, 0) is 0 Å². The van der Waals surface area contributed by atoms with Crippen molar-refractivity contribution in [2.75, 3.05) is 0 Å². The molecule has 0 spiro atoms. The maximum absolute atomic E-state index is 2.47. The van der Waals surface area contributed by atoms with E-state index in [9.17, 15) is 0 Å². The van der Waals surface area contributed by atoms with Gasteiger partial charge in [-0.05, 0) is 155 Å². The predicted molar refractivity (Wildman–Crippen MR) is 297 cm³/mol. The van der Waals surface area contributed by atoms with Crippen molar-refractivity contribution in [3.05, 3.63) is 245 Å². The Kier molecular flexibility index (Phi) is 8.32. The molecule has 4 atom stereocenters. The molecule has 12 aromatic rings. The van der Waals surface area contributed by atoms with E-state index in [0.717, 1.165) is 6.42 Å². The maximum atomic E-state index is 2.47. The van der Waals surface area contributed by atoms with E-state index in [1.54, 1.807) is 0 Å². The standard InChI is InChI=1S/C69H48/c1-40-9-10-50-23-24-53-26-33-58(62-38-37-55(40)66(50)69(53)62)43-13-17-49(18-14-43)63(48-15-11-42(12-16-48)57-32-25-51-21-19-44-5-3-7-46-28-35-60(57)67(51)64(44)46)56-31-30-54(39-41(56)2)59-34-27-52-22-20-45-6-4-8-47-29-36-61(59)68(52)65(45)47/h3-38,40-41,55,63H,39H2,1-2H3. The van der Waals surface area contributed by atoms with E-state index < -0.39 is 0 Å². The molecule has 69 heavy (non-hydrogen) atoms. The van der Waals surface area contributed by atoms with Crippen molar-refractivity contribution in [1.82, 2.24) is 0 Å². The van der Waals surface area contributed by atoms with Gasteiger partial charge in [0.1, 0.15) is 0 Å². The maximum Gasteiger partial charge on any atom is 0.0304 e. The van der Waals surface area contributed by atoms with E-state index in [-0.39, 0.29) is 5.92 Å². The molecule has 0 heteroatoms. The highest BCUT2D eigenvalue weighted by molar-refractivity contribution is 6.26. The van der Waals surface area contributed by atoms with Crippen molar-refractivity contribution in [2.24, 2.45) is 11.8 Å². The van der Waals surface area contributed by atoms with Gasteiger partial charge < -0.3 is 0 Å². The Hall–Kier alpha value is -8.06. The van der Waals surface area contributed by atoms with Crippen LogP contribution in [0.2, 0.25) is 0 Å². The third-order valence-electron chi connectivity index (χ3n) is 16.7. The van der Waals surface area contributed by atoms with Gasteiger partial charge in [0, 0.05) is 11.8 Å². The summed E-state index contributed by atoms with van der Waals surface area (Å²) in [6.45, 7) is 4.80. The van der Waals surface area contributed by atoms with Gasteiger partial charge in [0.2, 0.25) is 0 Å². The van der Waals surface area contributed by atoms with Crippen LogP contribution in [-0.4, -0.2) is 0 Å². The number of hydrogen-bond donors (Lipinski definition) is 0. The summed E-state index contributed by atoms with van der Waals surface area (Å²) in [6.07, 6.45) is 15.5. The van der Waals surface area contributed by atoms with E-state index in [2.05, 4.69) is 232 Å². The fraction of sp³-hybridized carbons (Fsp3) is 0.101. The zero-order chi connectivity index (χ0) is 45.5. The summed E-state index contributed by atoms with van der Waals surface area (Å²) in [7, 11) is 0. The second-order valence-electron chi connectivity index (χ2n) is 20.4. The van der Waals surface area contributed by atoms with Crippen LogP contribution in [0.15, 0.2) is 212 Å². The highest BCUT2D eigenvalue weighted by Crippen LogP contribution is 2.49. The molecule has 0 heterocycles. The quantitative estimate of drug-likeness (QED) is 0.146. The Labute approximate surface area is 402 Å². The molecule has 4 unspecified atom stereocenters. The summed E-state index contributed by atoms with van der Waals surface area (Å²) in [4.78, 5) is 0. The summed E-state index contributed by atoms with van der Waals surface area (Å²) in [5, 5.41) is 18.7. The molecule has 3 aliphatic rings. The lowest BCUT2D eigenvalue weighted by molar-refractivity contribution is 0.640. The second-order valence-corrected chi connectivity index (χ2v) is 20.4. The van der Waals surface area contributed by atoms with Crippen LogP contribution in [0, 0.1) is 11.8 Å². The topological polar surface area (TPSA) is 0 Å². The van der Waals surface area contributed by atoms with E-state index >= 15 is 0 Å². The van der Waals surface area contributed by atoms with Crippen molar-refractivity contribution in [1.29, 1.82) is 0 Å². The Morgan fingerprint density at radius 2 is 0.899 bits per heavy atom. The first kappa shape index (κ1) is 39.0. The Bertz CT molecular complexity index is 4200. The zero-order valence-electron chi connectivity index (χ0n) is 38.8. The van der Waals surface area contributed by atoms with E-state index in [1.807, 2.05) is 0 Å². The van der Waals surface area contributed by atoms with E-state index in [1.165, 1.54) is 142 Å². The van der Waals surface area contributed by atoms with Crippen LogP contribution in [0.1, 0.15) is 65.5 Å². The van der Waals surface area contributed by atoms with Gasteiger partial charge in [-0.1, -0.05) is 238 Å². The first-order valence-corrected chi connectivity index (χ1v) is 24.9. The number of allylic oxidation sites excluding steroid dienone is 6. The molecule has 0 fully saturated rings. The molecule has 0 N–H and O–H groups in total. The van der Waals surface area contributed by atoms with Crippen molar-refractivity contribution >= 4 is 93.1 Å². The van der Waals surface area contributed by atoms with Gasteiger partial charge in [-0.15, -0.1) is 0 Å². The molecule has 0 saturated heterocycles. The second kappa shape index (κ2) is 14.7. The van der Waals surface area contributed by atoms with Crippen molar-refractivity contribution in [3.63, 3.8) is 0 Å². The SMILES string of the molecule is CC1CC(c2ccc3ccc4cccc5ccc2c3c45)=CC=C1C(c1ccc(-c2ccc3ccc4c5c3c2C=CC5C(C)C=C4)cc1)c1ccc(-c2ccc3ccc4cccc5ccc2c3c45)cc1. The molecule has 15 rings (SSSR count). The molecule has 0 nitrogen and oxygen atoms in total. The van der Waals surface area contributed by atoms with E-state index in [0.29, 0.717) is 17.8 Å². The van der Waals surface area contributed by atoms with Gasteiger partial charge in [0.05, 0.1) is 0 Å². The largest absolute Gasteiger partial charge is 0.0802 e. The number of hydrogen-bond acceptors (Lipinski definition) is 0. The van der Waals surface area contributed by atoms with Crippen LogP contribution in [0.25, 0.3) is 115 Å². The van der Waals surface area contributed by atoms with Gasteiger partial charge in [-0.25, -0.2) is 0 Å². The smallest absolute Gasteiger partial charge is 0.0304 e. The summed E-state index contributed by atoms with van der Waals surface area (Å²) in [6, 6.07) is 69.6. The van der Waals surface area contributed by atoms with Crippen LogP contribution >= 0.6 is 0 Å². The summed E-state index contributed by atoms with van der Waals surface area (Å²) in [5.41, 5.74) is 16.2. The fourth-order valence-corrected chi connectivity index (χ4v) is 13.3. The summed E-state index contributed by atoms with van der Waals surface area (Å²) >= 11 is 0. The Balaban J connectivity index is 0.856. The summed E-state index contributed by atoms with van der Waals surface area (Å²) < 4.78 is 0. The Morgan fingerprint density at radius 3 is 1.51 bits per heavy atom. The average molecular weight is 877 g/mol. The van der Waals surface area contributed by atoms with Crippen LogP contribution in [0.3, 0.4) is 0 Å². The lowest BCUT2D eigenvalue weighted by Crippen LogP contribution is -2.15. The first-order chi connectivity index (χ1) is 34.0. The molecule has 0 saturated carbocycles. The molecule has 0 amide bonds. The molecule has 0 aliphatic heterocycles.